The number of hydrogen-bond donors (Lipinski definition) is 2. The van der Waals surface area contributed by atoms with Crippen LogP contribution in [0.2, 0.25) is 0 Å². The summed E-state index contributed by atoms with van der Waals surface area (Å²) < 4.78 is 29.3. The van der Waals surface area contributed by atoms with E-state index in [4.69, 9.17) is 0 Å². The fraction of sp³-hybridized carbons (Fsp3) is 0.263. The van der Waals surface area contributed by atoms with E-state index in [2.05, 4.69) is 48.1 Å². The minimum atomic E-state index is -3.78. The van der Waals surface area contributed by atoms with Gasteiger partial charge in [0.05, 0.1) is 10.9 Å². The molecule has 10 heteroatoms. The van der Waals surface area contributed by atoms with Crippen molar-refractivity contribution in [1.82, 2.24) is 14.9 Å². The molecule has 1 aliphatic heterocycles. The molecule has 2 N–H and O–H groups in total. The zero-order chi connectivity index (χ0) is 21.0. The average Bonchev–Trinajstić information content (AvgIpc) is 3.09. The number of benzene rings is 2. The quantitative estimate of drug-likeness (QED) is 0.547. The highest BCUT2D eigenvalue weighted by Gasteiger charge is 2.35. The van der Waals surface area contributed by atoms with Gasteiger partial charge in [0.2, 0.25) is 10.0 Å². The van der Waals surface area contributed by atoms with Crippen molar-refractivity contribution in [1.29, 1.82) is 5.26 Å². The highest BCUT2D eigenvalue weighted by Crippen LogP contribution is 2.27. The number of nitrogens with zero attached hydrogens (tertiary/aromatic N) is 2. The SMILES string of the molecule is N#CN1C[C@H](NS(=O)(=O)c2cc(Br)ccc2Br)C[C@@H]1CNC(=O)c1ccccc1. The summed E-state index contributed by atoms with van der Waals surface area (Å²) in [5.41, 5.74) is 0.533. The molecule has 0 saturated carbocycles. The predicted molar refractivity (Wildman–Crippen MR) is 115 cm³/mol. The molecule has 7 nitrogen and oxygen atoms in total. The molecule has 0 aliphatic carbocycles. The number of carbonyl (C=O) groups is 1. The lowest BCUT2D eigenvalue weighted by Crippen LogP contribution is -2.37. The van der Waals surface area contributed by atoms with E-state index in [-0.39, 0.29) is 29.9 Å². The van der Waals surface area contributed by atoms with E-state index in [1.165, 1.54) is 11.0 Å². The lowest BCUT2D eigenvalue weighted by atomic mass is 10.1. The van der Waals surface area contributed by atoms with Crippen LogP contribution >= 0.6 is 31.9 Å². The number of nitriles is 1. The van der Waals surface area contributed by atoms with Gasteiger partial charge in [0.25, 0.3) is 5.91 Å². The van der Waals surface area contributed by atoms with Crippen molar-refractivity contribution in [3.8, 4) is 6.19 Å². The molecule has 2 atom stereocenters. The predicted octanol–water partition coefficient (Wildman–Crippen LogP) is 2.84. The molecule has 0 aromatic heterocycles. The van der Waals surface area contributed by atoms with Crippen molar-refractivity contribution < 1.29 is 13.2 Å². The molecule has 0 spiro atoms. The van der Waals surface area contributed by atoms with Gasteiger partial charge in [-0.1, -0.05) is 34.1 Å². The van der Waals surface area contributed by atoms with Crippen LogP contribution in [0.25, 0.3) is 0 Å². The van der Waals surface area contributed by atoms with Gasteiger partial charge in [0.1, 0.15) is 0 Å². The summed E-state index contributed by atoms with van der Waals surface area (Å²) in [5, 5.41) is 12.2. The van der Waals surface area contributed by atoms with Crippen molar-refractivity contribution >= 4 is 47.8 Å². The minimum Gasteiger partial charge on any atom is -0.350 e. The van der Waals surface area contributed by atoms with Crippen LogP contribution in [0, 0.1) is 11.5 Å². The maximum atomic E-state index is 12.8. The molecule has 3 rings (SSSR count). The molecule has 1 fully saturated rings. The zero-order valence-electron chi connectivity index (χ0n) is 15.2. The molecule has 1 saturated heterocycles. The topological polar surface area (TPSA) is 102 Å². The Morgan fingerprint density at radius 2 is 1.93 bits per heavy atom. The highest BCUT2D eigenvalue weighted by atomic mass is 79.9. The molecule has 0 bridgehead atoms. The van der Waals surface area contributed by atoms with Gasteiger partial charge in [-0.2, -0.15) is 5.26 Å². The first-order chi connectivity index (χ1) is 13.8. The van der Waals surface area contributed by atoms with Gasteiger partial charge in [0.15, 0.2) is 6.19 Å². The Kier molecular flexibility index (Phi) is 6.95. The number of sulfonamides is 1. The number of nitrogens with one attached hydrogen (secondary N) is 2. The number of carbonyl (C=O) groups excluding carboxylic acids is 1. The van der Waals surface area contributed by atoms with E-state index in [0.717, 1.165) is 0 Å². The van der Waals surface area contributed by atoms with Crippen molar-refractivity contribution in [2.24, 2.45) is 0 Å². The Balaban J connectivity index is 1.65. The molecule has 0 unspecified atom stereocenters. The molecule has 2 aromatic carbocycles. The lowest BCUT2D eigenvalue weighted by Gasteiger charge is -2.18. The van der Waals surface area contributed by atoms with E-state index in [1.54, 1.807) is 36.4 Å². The van der Waals surface area contributed by atoms with Gasteiger partial charge in [-0.25, -0.2) is 13.1 Å². The van der Waals surface area contributed by atoms with Crippen LogP contribution < -0.4 is 10.0 Å². The third kappa shape index (κ3) is 5.36. The summed E-state index contributed by atoms with van der Waals surface area (Å²) in [6.07, 6.45) is 2.49. The van der Waals surface area contributed by atoms with Gasteiger partial charge in [0, 0.05) is 33.6 Å². The second-order valence-electron chi connectivity index (χ2n) is 6.61. The van der Waals surface area contributed by atoms with Crippen LogP contribution in [0.4, 0.5) is 0 Å². The van der Waals surface area contributed by atoms with Crippen molar-refractivity contribution in [2.75, 3.05) is 13.1 Å². The maximum Gasteiger partial charge on any atom is 0.251 e. The van der Waals surface area contributed by atoms with Crippen LogP contribution in [-0.4, -0.2) is 44.4 Å². The monoisotopic (exact) mass is 540 g/mol. The van der Waals surface area contributed by atoms with Crippen LogP contribution in [-0.2, 0) is 10.0 Å². The molecule has 1 heterocycles. The van der Waals surface area contributed by atoms with Crippen LogP contribution in [0.3, 0.4) is 0 Å². The number of halogens is 2. The van der Waals surface area contributed by atoms with Gasteiger partial charge >= 0.3 is 0 Å². The van der Waals surface area contributed by atoms with Crippen LogP contribution in [0.1, 0.15) is 16.8 Å². The minimum absolute atomic E-state index is 0.121. The molecular formula is C19H18Br2N4O3S. The van der Waals surface area contributed by atoms with Crippen molar-refractivity contribution in [3.63, 3.8) is 0 Å². The Morgan fingerprint density at radius 3 is 2.62 bits per heavy atom. The van der Waals surface area contributed by atoms with Gasteiger partial charge < -0.3 is 10.2 Å². The van der Waals surface area contributed by atoms with Gasteiger partial charge in [-0.3, -0.25) is 4.79 Å². The first kappa shape index (κ1) is 21.8. The summed E-state index contributed by atoms with van der Waals surface area (Å²) in [7, 11) is -3.78. The summed E-state index contributed by atoms with van der Waals surface area (Å²) in [4.78, 5) is 13.8. The molecule has 1 aliphatic rings. The number of rotatable bonds is 6. The largest absolute Gasteiger partial charge is 0.350 e. The average molecular weight is 542 g/mol. The van der Waals surface area contributed by atoms with Gasteiger partial charge in [-0.05, 0) is 52.7 Å². The van der Waals surface area contributed by atoms with E-state index >= 15 is 0 Å². The smallest absolute Gasteiger partial charge is 0.251 e. The van der Waals surface area contributed by atoms with E-state index in [9.17, 15) is 18.5 Å². The van der Waals surface area contributed by atoms with Crippen LogP contribution in [0.5, 0.6) is 0 Å². The molecule has 0 radical (unpaired) electrons. The van der Waals surface area contributed by atoms with Crippen molar-refractivity contribution in [3.05, 3.63) is 63.0 Å². The van der Waals surface area contributed by atoms with Crippen LogP contribution in [0.15, 0.2) is 62.4 Å². The van der Waals surface area contributed by atoms with Gasteiger partial charge in [-0.15, -0.1) is 0 Å². The molecule has 1 amide bonds. The second kappa shape index (κ2) is 9.26. The zero-order valence-corrected chi connectivity index (χ0v) is 19.2. The second-order valence-corrected chi connectivity index (χ2v) is 10.1. The summed E-state index contributed by atoms with van der Waals surface area (Å²) in [5.74, 6) is -0.231. The Labute approximate surface area is 186 Å². The number of likely N-dealkylation sites (tertiary alicyclic amines) is 1. The third-order valence-electron chi connectivity index (χ3n) is 4.58. The molecule has 2 aromatic rings. The number of hydrogen-bond acceptors (Lipinski definition) is 5. The van der Waals surface area contributed by atoms with Crippen molar-refractivity contribution in [2.45, 2.75) is 23.4 Å². The molecular weight excluding hydrogens is 524 g/mol. The van der Waals surface area contributed by atoms with E-state index in [0.29, 0.717) is 20.9 Å². The Morgan fingerprint density at radius 1 is 1.21 bits per heavy atom. The Hall–Kier alpha value is -1.93. The van der Waals surface area contributed by atoms with E-state index < -0.39 is 16.1 Å². The highest BCUT2D eigenvalue weighted by molar-refractivity contribution is 9.11. The Bertz CT molecular complexity index is 1040. The summed E-state index contributed by atoms with van der Waals surface area (Å²) in [6, 6.07) is 13.0. The fourth-order valence-electron chi connectivity index (χ4n) is 3.19. The lowest BCUT2D eigenvalue weighted by molar-refractivity contribution is 0.0945. The normalized spacial score (nSPS) is 19.0. The standard InChI is InChI=1S/C19H18Br2N4O3S/c20-14-6-7-17(21)18(8-14)29(27,28)24-15-9-16(25(11-15)12-22)10-23-19(26)13-4-2-1-3-5-13/h1-8,15-16,24H,9-11H2,(H,23,26)/t15-,16-/m1/s1. The maximum absolute atomic E-state index is 12.8. The van der Waals surface area contributed by atoms with E-state index in [1.807, 2.05) is 6.07 Å². The first-order valence-electron chi connectivity index (χ1n) is 8.77. The molecule has 29 heavy (non-hydrogen) atoms. The number of amides is 1. The molecule has 152 valence electrons. The first-order valence-corrected chi connectivity index (χ1v) is 11.8. The summed E-state index contributed by atoms with van der Waals surface area (Å²) >= 11 is 6.55. The third-order valence-corrected chi connectivity index (χ3v) is 7.59. The fourth-order valence-corrected chi connectivity index (χ4v) is 5.93. The summed E-state index contributed by atoms with van der Waals surface area (Å²) in [6.45, 7) is 0.493.